The normalized spacial score (nSPS) is 19.5. The van der Waals surface area contributed by atoms with Gasteiger partial charge in [0, 0.05) is 24.5 Å². The van der Waals surface area contributed by atoms with Crippen molar-refractivity contribution in [2.75, 3.05) is 31.1 Å². The fraction of sp³-hybridized carbons (Fsp3) is 0.565. The molecule has 2 aromatic rings. The number of nitrogens with zero attached hydrogens (tertiary/aromatic N) is 4. The Labute approximate surface area is 187 Å². The van der Waals surface area contributed by atoms with Crippen molar-refractivity contribution in [2.45, 2.75) is 57.3 Å². The van der Waals surface area contributed by atoms with Crippen molar-refractivity contribution >= 4 is 17.0 Å². The topological polar surface area (TPSA) is 73.7 Å². The third-order valence-electron chi connectivity index (χ3n) is 5.99. The lowest BCUT2D eigenvalue weighted by atomic mass is 9.98. The van der Waals surface area contributed by atoms with Gasteiger partial charge >= 0.3 is 5.56 Å². The highest BCUT2D eigenvalue weighted by molar-refractivity contribution is 7.89. The average Bonchev–Trinajstić information content (AvgIpc) is 2.81. The average molecular weight is 445 g/mol. The third-order valence-corrected chi connectivity index (χ3v) is 7.67. The number of ether oxygens (including phenoxy) is 1. The number of hydrogen-bond acceptors (Lipinski definition) is 6. The first-order valence-corrected chi connectivity index (χ1v) is 12.5. The summed E-state index contributed by atoms with van der Waals surface area (Å²) in [5, 5.41) is 4.57. The second-order valence-corrected chi connectivity index (χ2v) is 10.5. The van der Waals surface area contributed by atoms with Crippen molar-refractivity contribution in [1.29, 1.82) is 0 Å². The molecule has 1 unspecified atom stereocenters. The molecular weight excluding hydrogens is 412 g/mol. The Kier molecular flexibility index (Phi) is 7.20. The largest absolute Gasteiger partial charge is 0.598 e. The summed E-state index contributed by atoms with van der Waals surface area (Å²) in [5.41, 5.74) is 1.25. The zero-order chi connectivity index (χ0) is 21.8. The van der Waals surface area contributed by atoms with Gasteiger partial charge < -0.3 is 14.2 Å². The minimum atomic E-state index is -0.980. The predicted molar refractivity (Wildman–Crippen MR) is 124 cm³/mol. The monoisotopic (exact) mass is 444 g/mol. The van der Waals surface area contributed by atoms with Gasteiger partial charge in [-0.1, -0.05) is 24.6 Å². The summed E-state index contributed by atoms with van der Waals surface area (Å²) >= 11 is -0.980. The van der Waals surface area contributed by atoms with Crippen molar-refractivity contribution in [1.82, 2.24) is 14.1 Å². The van der Waals surface area contributed by atoms with Gasteiger partial charge in [-0.2, -0.15) is 9.78 Å². The highest BCUT2D eigenvalue weighted by Crippen LogP contribution is 2.30. The molecule has 31 heavy (non-hydrogen) atoms. The molecule has 0 bridgehead atoms. The van der Waals surface area contributed by atoms with Crippen LogP contribution in [0.5, 0.6) is 5.75 Å². The van der Waals surface area contributed by atoms with Crippen molar-refractivity contribution in [3.63, 3.8) is 0 Å². The Morgan fingerprint density at radius 1 is 1.06 bits per heavy atom. The first kappa shape index (κ1) is 22.2. The van der Waals surface area contributed by atoms with E-state index >= 15 is 0 Å². The van der Waals surface area contributed by atoms with Crippen molar-refractivity contribution in [3.8, 4) is 11.4 Å². The maximum atomic E-state index is 13.5. The van der Waals surface area contributed by atoms with Crippen LogP contribution in [-0.4, -0.2) is 56.2 Å². The first-order valence-electron chi connectivity index (χ1n) is 11.3. The van der Waals surface area contributed by atoms with Crippen LogP contribution in [0.1, 0.15) is 46.0 Å². The zero-order valence-electron chi connectivity index (χ0n) is 18.4. The quantitative estimate of drug-likeness (QED) is 0.638. The Morgan fingerprint density at radius 2 is 1.74 bits per heavy atom. The summed E-state index contributed by atoms with van der Waals surface area (Å²) < 4.78 is 22.2. The second-order valence-electron chi connectivity index (χ2n) is 8.53. The number of aromatic nitrogens is 2. The standard InChI is InChI=1S/C23H32N4O3S/c1-18(2)31(29)26-15-13-25(14-16-26)21-17-24-27(19-9-5-3-6-10-19)23(28)22(21)30-20-11-7-4-8-12-20/h3,5-6,9-10,17-18,20H,4,7-8,11-16H2,1-2H3. The molecule has 1 saturated carbocycles. The Hall–Kier alpha value is -2.03. The van der Waals surface area contributed by atoms with Gasteiger partial charge in [0.15, 0.2) is 0 Å². The van der Waals surface area contributed by atoms with Gasteiger partial charge in [-0.25, -0.2) is 0 Å². The van der Waals surface area contributed by atoms with Gasteiger partial charge in [-0.05, 0) is 51.7 Å². The van der Waals surface area contributed by atoms with Crippen molar-refractivity contribution < 1.29 is 9.29 Å². The van der Waals surface area contributed by atoms with E-state index in [0.717, 1.165) is 37.1 Å². The van der Waals surface area contributed by atoms with Crippen LogP contribution >= 0.6 is 0 Å². The fourth-order valence-corrected chi connectivity index (χ4v) is 5.39. The highest BCUT2D eigenvalue weighted by Gasteiger charge is 2.30. The van der Waals surface area contributed by atoms with Crippen molar-refractivity contribution in [2.24, 2.45) is 0 Å². The molecule has 1 saturated heterocycles. The lowest BCUT2D eigenvalue weighted by Gasteiger charge is -2.37. The number of rotatable bonds is 6. The van der Waals surface area contributed by atoms with E-state index in [1.165, 1.54) is 11.1 Å². The van der Waals surface area contributed by atoms with E-state index in [0.29, 0.717) is 31.9 Å². The summed E-state index contributed by atoms with van der Waals surface area (Å²) in [4.78, 5) is 15.6. The molecule has 1 aliphatic heterocycles. The number of piperazine rings is 1. The lowest BCUT2D eigenvalue weighted by Crippen LogP contribution is -2.50. The van der Waals surface area contributed by atoms with Gasteiger partial charge in [-0.3, -0.25) is 4.79 Å². The zero-order valence-corrected chi connectivity index (χ0v) is 19.2. The molecule has 1 atom stereocenters. The molecule has 1 aliphatic carbocycles. The molecule has 2 aliphatic rings. The first-order chi connectivity index (χ1) is 15.0. The minimum absolute atomic E-state index is 0.0709. The smallest absolute Gasteiger partial charge is 0.316 e. The molecule has 7 nitrogen and oxygen atoms in total. The Morgan fingerprint density at radius 3 is 2.39 bits per heavy atom. The number of anilines is 1. The van der Waals surface area contributed by atoms with Crippen molar-refractivity contribution in [3.05, 3.63) is 46.9 Å². The summed E-state index contributed by atoms with van der Waals surface area (Å²) in [6.07, 6.45) is 7.28. The molecular formula is C23H32N4O3S. The number of hydrogen-bond donors (Lipinski definition) is 0. The minimum Gasteiger partial charge on any atom is -0.598 e. The fourth-order valence-electron chi connectivity index (χ4n) is 4.28. The molecule has 0 N–H and O–H groups in total. The van der Waals surface area contributed by atoms with Crippen LogP contribution in [0.3, 0.4) is 0 Å². The number of para-hydroxylation sites is 1. The van der Waals surface area contributed by atoms with E-state index in [9.17, 15) is 9.35 Å². The molecule has 1 aromatic carbocycles. The maximum Gasteiger partial charge on any atom is 0.316 e. The lowest BCUT2D eigenvalue weighted by molar-refractivity contribution is 0.152. The van der Waals surface area contributed by atoms with Crippen LogP contribution in [0.4, 0.5) is 5.69 Å². The third kappa shape index (κ3) is 5.07. The van der Waals surface area contributed by atoms with Gasteiger partial charge in [0.05, 0.1) is 31.1 Å². The van der Waals surface area contributed by atoms with Gasteiger partial charge in [0.25, 0.3) is 0 Å². The molecule has 0 spiro atoms. The Bertz CT molecular complexity index is 907. The van der Waals surface area contributed by atoms with Gasteiger partial charge in [0.2, 0.25) is 5.75 Å². The van der Waals surface area contributed by atoms with E-state index in [2.05, 4.69) is 10.00 Å². The van der Waals surface area contributed by atoms with Crippen LogP contribution in [0.2, 0.25) is 0 Å². The highest BCUT2D eigenvalue weighted by atomic mass is 32.2. The van der Waals surface area contributed by atoms with Gasteiger partial charge in [-0.15, -0.1) is 4.31 Å². The summed E-state index contributed by atoms with van der Waals surface area (Å²) in [5.74, 6) is 0.393. The molecule has 8 heteroatoms. The van der Waals surface area contributed by atoms with E-state index in [4.69, 9.17) is 4.74 Å². The Balaban J connectivity index is 1.62. The summed E-state index contributed by atoms with van der Waals surface area (Å²) in [6, 6.07) is 9.46. The van der Waals surface area contributed by atoms with E-state index < -0.39 is 11.4 Å². The molecule has 168 valence electrons. The van der Waals surface area contributed by atoms with Crippen LogP contribution in [0.15, 0.2) is 41.3 Å². The van der Waals surface area contributed by atoms with E-state index in [1.807, 2.05) is 48.5 Å². The molecule has 4 rings (SSSR count). The molecule has 0 amide bonds. The molecule has 1 aromatic heterocycles. The van der Waals surface area contributed by atoms with E-state index in [-0.39, 0.29) is 16.9 Å². The van der Waals surface area contributed by atoms with Crippen LogP contribution in [0.25, 0.3) is 5.69 Å². The summed E-state index contributed by atoms with van der Waals surface area (Å²) in [7, 11) is 0. The number of benzene rings is 1. The SMILES string of the molecule is CC(C)[S+]([O-])N1CCN(c2cnn(-c3ccccc3)c(=O)c2OC2CCCCC2)CC1. The van der Waals surface area contributed by atoms with E-state index in [1.54, 1.807) is 6.20 Å². The van der Waals surface area contributed by atoms with Crippen LogP contribution in [0, 0.1) is 0 Å². The molecule has 2 fully saturated rings. The molecule has 0 radical (unpaired) electrons. The predicted octanol–water partition coefficient (Wildman–Crippen LogP) is 3.14. The molecule has 2 heterocycles. The van der Waals surface area contributed by atoms with Crippen LogP contribution in [-0.2, 0) is 11.4 Å². The van der Waals surface area contributed by atoms with Crippen LogP contribution < -0.4 is 15.2 Å². The second kappa shape index (κ2) is 10.1. The summed E-state index contributed by atoms with van der Waals surface area (Å²) in [6.45, 7) is 6.72. The maximum absolute atomic E-state index is 13.5. The van der Waals surface area contributed by atoms with Gasteiger partial charge in [0.1, 0.15) is 10.9 Å².